The predicted octanol–water partition coefficient (Wildman–Crippen LogP) is 0.952. The van der Waals surface area contributed by atoms with Gasteiger partial charge in [-0.1, -0.05) is 35.5 Å². The standard InChI is InChI=1S/C17H17N5O4/c23-13-9-18-17(25)22(13)10-14(24)21-8-4-7-12(21)16-19-15(20-26-16)11-5-2-1-3-6-11/h1-3,5-6,12H,4,7-10H2,(H,18,25). The van der Waals surface area contributed by atoms with E-state index in [4.69, 9.17) is 4.52 Å². The second-order valence-electron chi connectivity index (χ2n) is 6.21. The smallest absolute Gasteiger partial charge is 0.325 e. The van der Waals surface area contributed by atoms with Gasteiger partial charge in [0.15, 0.2) is 0 Å². The summed E-state index contributed by atoms with van der Waals surface area (Å²) in [6, 6.07) is 8.55. The van der Waals surface area contributed by atoms with Crippen LogP contribution in [0.15, 0.2) is 34.9 Å². The van der Waals surface area contributed by atoms with E-state index in [1.54, 1.807) is 4.90 Å². The summed E-state index contributed by atoms with van der Waals surface area (Å²) in [6.07, 6.45) is 1.49. The molecule has 1 N–H and O–H groups in total. The van der Waals surface area contributed by atoms with Gasteiger partial charge in [0.2, 0.25) is 17.6 Å². The highest BCUT2D eigenvalue weighted by molar-refractivity contribution is 6.04. The Hall–Kier alpha value is -3.23. The highest BCUT2D eigenvalue weighted by Gasteiger charge is 2.37. The summed E-state index contributed by atoms with van der Waals surface area (Å²) >= 11 is 0. The highest BCUT2D eigenvalue weighted by atomic mass is 16.5. The first-order valence-corrected chi connectivity index (χ1v) is 8.40. The number of carbonyl (C=O) groups excluding carboxylic acids is 3. The van der Waals surface area contributed by atoms with Gasteiger partial charge in [0.05, 0.1) is 6.54 Å². The molecule has 26 heavy (non-hydrogen) atoms. The summed E-state index contributed by atoms with van der Waals surface area (Å²) < 4.78 is 5.38. The van der Waals surface area contributed by atoms with Crippen molar-refractivity contribution >= 4 is 17.8 Å². The Kier molecular flexibility index (Phi) is 4.11. The number of nitrogens with one attached hydrogen (secondary N) is 1. The molecule has 0 spiro atoms. The lowest BCUT2D eigenvalue weighted by Gasteiger charge is -2.23. The van der Waals surface area contributed by atoms with Crippen molar-refractivity contribution in [2.24, 2.45) is 0 Å². The summed E-state index contributed by atoms with van der Waals surface area (Å²) in [4.78, 5) is 42.9. The van der Waals surface area contributed by atoms with Crippen LogP contribution >= 0.6 is 0 Å². The van der Waals surface area contributed by atoms with Crippen LogP contribution in [0, 0.1) is 0 Å². The third-order valence-electron chi connectivity index (χ3n) is 4.56. The number of aromatic nitrogens is 2. The number of urea groups is 1. The van der Waals surface area contributed by atoms with Crippen molar-refractivity contribution in [2.45, 2.75) is 18.9 Å². The molecular formula is C17H17N5O4. The first-order valence-electron chi connectivity index (χ1n) is 8.40. The fraction of sp³-hybridized carbons (Fsp3) is 0.353. The van der Waals surface area contributed by atoms with E-state index >= 15 is 0 Å². The first-order chi connectivity index (χ1) is 12.6. The molecule has 9 nitrogen and oxygen atoms in total. The maximum atomic E-state index is 12.6. The lowest BCUT2D eigenvalue weighted by Crippen LogP contribution is -2.42. The molecular weight excluding hydrogens is 338 g/mol. The number of carbonyl (C=O) groups is 3. The van der Waals surface area contributed by atoms with E-state index in [-0.39, 0.29) is 25.0 Å². The third kappa shape index (κ3) is 2.92. The quantitative estimate of drug-likeness (QED) is 0.818. The van der Waals surface area contributed by atoms with Gasteiger partial charge in [0, 0.05) is 12.1 Å². The number of likely N-dealkylation sites (tertiary alicyclic amines) is 1. The van der Waals surface area contributed by atoms with Crippen LogP contribution in [0.4, 0.5) is 4.79 Å². The van der Waals surface area contributed by atoms with Gasteiger partial charge in [-0.05, 0) is 12.8 Å². The Morgan fingerprint density at radius 3 is 2.81 bits per heavy atom. The molecule has 2 aliphatic heterocycles. The molecule has 9 heteroatoms. The number of hydrogen-bond donors (Lipinski definition) is 1. The lowest BCUT2D eigenvalue weighted by molar-refractivity contribution is -0.137. The number of hydrogen-bond acceptors (Lipinski definition) is 6. The van der Waals surface area contributed by atoms with Crippen LogP contribution in [0.5, 0.6) is 0 Å². The van der Waals surface area contributed by atoms with Crippen LogP contribution in [0.1, 0.15) is 24.8 Å². The molecule has 4 rings (SSSR count). The van der Waals surface area contributed by atoms with Crippen molar-refractivity contribution in [3.63, 3.8) is 0 Å². The molecule has 1 aromatic carbocycles. The molecule has 0 aliphatic carbocycles. The Morgan fingerprint density at radius 2 is 2.08 bits per heavy atom. The predicted molar refractivity (Wildman–Crippen MR) is 88.5 cm³/mol. The van der Waals surface area contributed by atoms with Crippen molar-refractivity contribution < 1.29 is 18.9 Å². The largest absolute Gasteiger partial charge is 0.337 e. The van der Waals surface area contributed by atoms with Crippen molar-refractivity contribution in [1.29, 1.82) is 0 Å². The zero-order chi connectivity index (χ0) is 18.1. The molecule has 1 aromatic heterocycles. The van der Waals surface area contributed by atoms with Gasteiger partial charge in [-0.2, -0.15) is 4.98 Å². The van der Waals surface area contributed by atoms with Crippen LogP contribution < -0.4 is 5.32 Å². The molecule has 2 aliphatic rings. The van der Waals surface area contributed by atoms with E-state index in [1.165, 1.54) is 0 Å². The Labute approximate surface area is 149 Å². The van der Waals surface area contributed by atoms with Crippen molar-refractivity contribution in [3.8, 4) is 11.4 Å². The lowest BCUT2D eigenvalue weighted by atomic mass is 10.2. The fourth-order valence-corrected chi connectivity index (χ4v) is 3.24. The van der Waals surface area contributed by atoms with Gasteiger partial charge in [-0.15, -0.1) is 0 Å². The molecule has 0 radical (unpaired) electrons. The van der Waals surface area contributed by atoms with E-state index < -0.39 is 11.9 Å². The summed E-state index contributed by atoms with van der Waals surface area (Å²) in [6.45, 7) is 0.177. The monoisotopic (exact) mass is 355 g/mol. The maximum absolute atomic E-state index is 12.6. The van der Waals surface area contributed by atoms with Gasteiger partial charge < -0.3 is 14.7 Å². The Bertz CT molecular complexity index is 834. The molecule has 3 heterocycles. The molecule has 2 saturated heterocycles. The third-order valence-corrected chi connectivity index (χ3v) is 4.56. The van der Waals surface area contributed by atoms with Gasteiger partial charge >= 0.3 is 6.03 Å². The first kappa shape index (κ1) is 16.2. The van der Waals surface area contributed by atoms with Crippen LogP contribution in [0.2, 0.25) is 0 Å². The number of nitrogens with zero attached hydrogens (tertiary/aromatic N) is 4. The average molecular weight is 355 g/mol. The zero-order valence-corrected chi connectivity index (χ0v) is 13.9. The summed E-state index contributed by atoms with van der Waals surface area (Å²) in [7, 11) is 0. The summed E-state index contributed by atoms with van der Waals surface area (Å²) in [5.41, 5.74) is 0.831. The van der Waals surface area contributed by atoms with Crippen LogP contribution in [0.25, 0.3) is 11.4 Å². The number of rotatable bonds is 4. The SMILES string of the molecule is O=C1CNC(=O)N1CC(=O)N1CCCC1c1nc(-c2ccccc2)no1. The minimum absolute atomic E-state index is 0.0698. The van der Waals surface area contributed by atoms with Crippen molar-refractivity contribution in [1.82, 2.24) is 25.3 Å². The van der Waals surface area contributed by atoms with E-state index in [0.29, 0.717) is 24.7 Å². The van der Waals surface area contributed by atoms with E-state index in [0.717, 1.165) is 16.9 Å². The van der Waals surface area contributed by atoms with Crippen molar-refractivity contribution in [3.05, 3.63) is 36.2 Å². The van der Waals surface area contributed by atoms with Gasteiger partial charge in [0.1, 0.15) is 12.6 Å². The minimum Gasteiger partial charge on any atom is -0.337 e. The second-order valence-corrected chi connectivity index (χ2v) is 6.21. The van der Waals surface area contributed by atoms with E-state index in [1.807, 2.05) is 30.3 Å². The summed E-state index contributed by atoms with van der Waals surface area (Å²) in [5.74, 6) is 0.126. The van der Waals surface area contributed by atoms with Crippen LogP contribution in [-0.2, 0) is 9.59 Å². The van der Waals surface area contributed by atoms with E-state index in [9.17, 15) is 14.4 Å². The average Bonchev–Trinajstić information content (AvgIpc) is 3.38. The number of benzene rings is 1. The summed E-state index contributed by atoms with van der Waals surface area (Å²) in [5, 5.41) is 6.41. The normalized spacial score (nSPS) is 19.9. The molecule has 2 aromatic rings. The minimum atomic E-state index is -0.539. The van der Waals surface area contributed by atoms with Gasteiger partial charge in [-0.3, -0.25) is 14.5 Å². The van der Waals surface area contributed by atoms with E-state index in [2.05, 4.69) is 15.5 Å². The highest BCUT2D eigenvalue weighted by Crippen LogP contribution is 2.32. The van der Waals surface area contributed by atoms with Crippen LogP contribution in [0.3, 0.4) is 0 Å². The van der Waals surface area contributed by atoms with Gasteiger partial charge in [0.25, 0.3) is 5.91 Å². The molecule has 1 unspecified atom stereocenters. The van der Waals surface area contributed by atoms with Crippen LogP contribution in [-0.4, -0.2) is 57.4 Å². The molecule has 0 saturated carbocycles. The maximum Gasteiger partial charge on any atom is 0.325 e. The molecule has 134 valence electrons. The zero-order valence-electron chi connectivity index (χ0n) is 13.9. The van der Waals surface area contributed by atoms with Gasteiger partial charge in [-0.25, -0.2) is 4.79 Å². The Balaban J connectivity index is 1.50. The number of imide groups is 1. The molecule has 0 bridgehead atoms. The molecule has 1 atom stereocenters. The molecule has 4 amide bonds. The second kappa shape index (κ2) is 6.58. The van der Waals surface area contributed by atoms with Crippen molar-refractivity contribution in [2.75, 3.05) is 19.6 Å². The topological polar surface area (TPSA) is 109 Å². The fourth-order valence-electron chi connectivity index (χ4n) is 3.24. The Morgan fingerprint density at radius 1 is 1.27 bits per heavy atom. The number of amides is 4. The molecule has 2 fully saturated rings.